The van der Waals surface area contributed by atoms with Gasteiger partial charge in [-0.3, -0.25) is 9.52 Å². The lowest BCUT2D eigenvalue weighted by atomic mass is 10.1. The highest BCUT2D eigenvalue weighted by atomic mass is 35.5. The summed E-state index contributed by atoms with van der Waals surface area (Å²) in [5.41, 5.74) is 3.62. The Labute approximate surface area is 193 Å². The molecule has 0 aliphatic heterocycles. The summed E-state index contributed by atoms with van der Waals surface area (Å²) in [7, 11) is -2.28. The summed E-state index contributed by atoms with van der Waals surface area (Å²) in [6, 6.07) is 16.9. The molecule has 0 aliphatic carbocycles. The Morgan fingerprint density at radius 1 is 0.969 bits per heavy atom. The van der Waals surface area contributed by atoms with E-state index in [4.69, 9.17) is 16.3 Å². The number of halogens is 1. The maximum absolute atomic E-state index is 12.8. The van der Waals surface area contributed by atoms with E-state index in [0.717, 1.165) is 22.4 Å². The van der Waals surface area contributed by atoms with Gasteiger partial charge in [0.15, 0.2) is 0 Å². The molecule has 8 heteroatoms. The number of carbonyl (C=O) groups excluding carboxylic acids is 1. The monoisotopic (exact) mass is 472 g/mol. The second kappa shape index (κ2) is 10.1. The number of aryl methyl sites for hydroxylation is 2. The summed E-state index contributed by atoms with van der Waals surface area (Å²) < 4.78 is 33.4. The molecule has 2 N–H and O–H groups in total. The normalized spacial score (nSPS) is 11.1. The molecule has 1 amide bonds. The molecule has 3 aromatic rings. The van der Waals surface area contributed by atoms with Gasteiger partial charge in [-0.25, -0.2) is 8.42 Å². The van der Waals surface area contributed by atoms with Crippen molar-refractivity contribution in [3.63, 3.8) is 0 Å². The fourth-order valence-corrected chi connectivity index (χ4v) is 4.35. The third kappa shape index (κ3) is 5.81. The van der Waals surface area contributed by atoms with Gasteiger partial charge in [-0.15, -0.1) is 0 Å². The van der Waals surface area contributed by atoms with Crippen LogP contribution in [0.1, 0.15) is 27.0 Å². The van der Waals surface area contributed by atoms with Crippen LogP contribution >= 0.6 is 11.6 Å². The lowest BCUT2D eigenvalue weighted by molar-refractivity contribution is 0.0954. The van der Waals surface area contributed by atoms with Gasteiger partial charge in [0, 0.05) is 12.2 Å². The van der Waals surface area contributed by atoms with Gasteiger partial charge in [0.1, 0.15) is 5.75 Å². The average Bonchev–Trinajstić information content (AvgIpc) is 2.76. The van der Waals surface area contributed by atoms with Crippen molar-refractivity contribution in [2.75, 3.05) is 18.4 Å². The van der Waals surface area contributed by atoms with Crippen molar-refractivity contribution in [1.29, 1.82) is 0 Å². The number of hydrogen-bond acceptors (Lipinski definition) is 4. The summed E-state index contributed by atoms with van der Waals surface area (Å²) in [5, 5.41) is 2.97. The maximum Gasteiger partial charge on any atom is 0.261 e. The standard InChI is InChI=1S/C24H25ClN2O4S/c1-16-4-7-19(14-17(16)2)27-32(29,30)21-10-11-23(25)22(15-21)24(28)26-13-12-18-5-8-20(31-3)9-6-18/h4-11,14-15,27H,12-13H2,1-3H3,(H,26,28). The highest BCUT2D eigenvalue weighted by Crippen LogP contribution is 2.23. The summed E-state index contributed by atoms with van der Waals surface area (Å²) >= 11 is 6.18. The number of hydrogen-bond donors (Lipinski definition) is 2. The SMILES string of the molecule is COc1ccc(CCNC(=O)c2cc(S(=O)(=O)Nc3ccc(C)c(C)c3)ccc2Cl)cc1. The molecule has 0 atom stereocenters. The van der Waals surface area contributed by atoms with Gasteiger partial charge in [-0.05, 0) is 79.4 Å². The number of amides is 1. The van der Waals surface area contributed by atoms with Crippen LogP contribution < -0.4 is 14.8 Å². The number of benzene rings is 3. The molecule has 32 heavy (non-hydrogen) atoms. The molecular formula is C24H25ClN2O4S. The number of carbonyl (C=O) groups is 1. The van der Waals surface area contributed by atoms with Crippen LogP contribution in [0.25, 0.3) is 0 Å². The van der Waals surface area contributed by atoms with Gasteiger partial charge in [-0.1, -0.05) is 29.8 Å². The van der Waals surface area contributed by atoms with E-state index in [0.29, 0.717) is 18.7 Å². The minimum absolute atomic E-state index is 0.0413. The fraction of sp³-hybridized carbons (Fsp3) is 0.208. The van der Waals surface area contributed by atoms with E-state index in [9.17, 15) is 13.2 Å². The Morgan fingerprint density at radius 2 is 1.69 bits per heavy atom. The van der Waals surface area contributed by atoms with Crippen molar-refractivity contribution in [3.8, 4) is 5.75 Å². The molecule has 0 saturated carbocycles. The lowest BCUT2D eigenvalue weighted by Crippen LogP contribution is -2.26. The first kappa shape index (κ1) is 23.6. The lowest BCUT2D eigenvalue weighted by Gasteiger charge is -2.12. The molecule has 0 unspecified atom stereocenters. The van der Waals surface area contributed by atoms with E-state index in [1.54, 1.807) is 19.2 Å². The Bertz CT molecular complexity index is 1230. The zero-order valence-electron chi connectivity index (χ0n) is 18.1. The topological polar surface area (TPSA) is 84.5 Å². The smallest absolute Gasteiger partial charge is 0.261 e. The van der Waals surface area contributed by atoms with E-state index < -0.39 is 15.9 Å². The van der Waals surface area contributed by atoms with E-state index in [2.05, 4.69) is 10.0 Å². The fourth-order valence-electron chi connectivity index (χ4n) is 3.07. The molecular weight excluding hydrogens is 448 g/mol. The Balaban J connectivity index is 1.70. The minimum Gasteiger partial charge on any atom is -0.497 e. The zero-order valence-corrected chi connectivity index (χ0v) is 19.7. The Morgan fingerprint density at radius 3 is 2.34 bits per heavy atom. The predicted molar refractivity (Wildman–Crippen MR) is 127 cm³/mol. The molecule has 3 aromatic carbocycles. The van der Waals surface area contributed by atoms with Crippen molar-refractivity contribution in [2.24, 2.45) is 0 Å². The first-order valence-electron chi connectivity index (χ1n) is 10.0. The molecule has 3 rings (SSSR count). The van der Waals surface area contributed by atoms with E-state index >= 15 is 0 Å². The molecule has 168 valence electrons. The molecule has 0 fully saturated rings. The number of nitrogens with one attached hydrogen (secondary N) is 2. The van der Waals surface area contributed by atoms with Crippen LogP contribution in [0.15, 0.2) is 65.6 Å². The van der Waals surface area contributed by atoms with Crippen LogP contribution in [-0.2, 0) is 16.4 Å². The second-order valence-electron chi connectivity index (χ2n) is 7.40. The zero-order chi connectivity index (χ0) is 23.3. The summed E-state index contributed by atoms with van der Waals surface area (Å²) in [5.74, 6) is 0.323. The summed E-state index contributed by atoms with van der Waals surface area (Å²) in [6.45, 7) is 4.23. The summed E-state index contributed by atoms with van der Waals surface area (Å²) in [6.07, 6.45) is 0.611. The van der Waals surface area contributed by atoms with Gasteiger partial charge in [0.05, 0.1) is 22.6 Å². The number of methoxy groups -OCH3 is 1. The molecule has 6 nitrogen and oxygen atoms in total. The molecule has 0 heterocycles. The highest BCUT2D eigenvalue weighted by Gasteiger charge is 2.19. The van der Waals surface area contributed by atoms with E-state index in [1.807, 2.05) is 44.2 Å². The number of rotatable bonds is 8. The number of sulfonamides is 1. The molecule has 0 bridgehead atoms. The first-order chi connectivity index (χ1) is 15.2. The van der Waals surface area contributed by atoms with Gasteiger partial charge >= 0.3 is 0 Å². The first-order valence-corrected chi connectivity index (χ1v) is 11.9. The molecule has 0 aliphatic rings. The third-order valence-corrected chi connectivity index (χ3v) is 6.82. The van der Waals surface area contributed by atoms with Crippen molar-refractivity contribution in [1.82, 2.24) is 5.32 Å². The van der Waals surface area contributed by atoms with Crippen LogP contribution in [0.5, 0.6) is 5.75 Å². The Hall–Kier alpha value is -3.03. The van der Waals surface area contributed by atoms with E-state index in [1.165, 1.54) is 18.2 Å². The average molecular weight is 473 g/mol. The van der Waals surface area contributed by atoms with Gasteiger partial charge in [0.2, 0.25) is 0 Å². The van der Waals surface area contributed by atoms with Crippen LogP contribution in [0.4, 0.5) is 5.69 Å². The predicted octanol–water partition coefficient (Wildman–Crippen LogP) is 4.74. The number of anilines is 1. The van der Waals surface area contributed by atoms with Gasteiger partial charge in [-0.2, -0.15) is 0 Å². The Kier molecular flexibility index (Phi) is 7.43. The minimum atomic E-state index is -3.89. The second-order valence-corrected chi connectivity index (χ2v) is 9.49. The van der Waals surface area contributed by atoms with Crippen molar-refractivity contribution >= 4 is 33.2 Å². The summed E-state index contributed by atoms with van der Waals surface area (Å²) in [4.78, 5) is 12.6. The van der Waals surface area contributed by atoms with E-state index in [-0.39, 0.29) is 15.5 Å². The quantitative estimate of drug-likeness (QED) is 0.496. The van der Waals surface area contributed by atoms with Crippen molar-refractivity contribution in [3.05, 3.63) is 87.9 Å². The molecule has 0 radical (unpaired) electrons. The van der Waals surface area contributed by atoms with Gasteiger partial charge in [0.25, 0.3) is 15.9 Å². The molecule has 0 saturated heterocycles. The van der Waals surface area contributed by atoms with Crippen LogP contribution in [0, 0.1) is 13.8 Å². The van der Waals surface area contributed by atoms with Crippen molar-refractivity contribution < 1.29 is 17.9 Å². The largest absolute Gasteiger partial charge is 0.497 e. The van der Waals surface area contributed by atoms with Crippen LogP contribution in [-0.4, -0.2) is 28.0 Å². The third-order valence-electron chi connectivity index (χ3n) is 5.11. The molecule has 0 aromatic heterocycles. The molecule has 0 spiro atoms. The van der Waals surface area contributed by atoms with Crippen LogP contribution in [0.2, 0.25) is 5.02 Å². The number of ether oxygens (including phenoxy) is 1. The highest BCUT2D eigenvalue weighted by molar-refractivity contribution is 7.92. The van der Waals surface area contributed by atoms with Crippen LogP contribution in [0.3, 0.4) is 0 Å². The van der Waals surface area contributed by atoms with Crippen molar-refractivity contribution in [2.45, 2.75) is 25.2 Å². The van der Waals surface area contributed by atoms with Gasteiger partial charge < -0.3 is 10.1 Å². The maximum atomic E-state index is 12.8.